The van der Waals surface area contributed by atoms with E-state index in [1.807, 2.05) is 0 Å². The quantitative estimate of drug-likeness (QED) is 0.384. The van der Waals surface area contributed by atoms with Crippen LogP contribution in [0, 0.1) is 0 Å². The van der Waals surface area contributed by atoms with Crippen LogP contribution in [0.4, 0.5) is 13.2 Å². The van der Waals surface area contributed by atoms with Crippen molar-refractivity contribution in [2.75, 3.05) is 0 Å². The summed E-state index contributed by atoms with van der Waals surface area (Å²) < 4.78 is 47.3. The Morgan fingerprint density at radius 3 is 2.13 bits per heavy atom. The molecule has 3 aromatic rings. The fourth-order valence-electron chi connectivity index (χ4n) is 3.55. The molecule has 0 aromatic heterocycles. The number of hydrogen-bond donors (Lipinski definition) is 0. The molecule has 0 radical (unpaired) electrons. The minimum Gasteiger partial charge on any atom is -0.303 e. The molecule has 4 nitrogen and oxygen atoms in total. The number of ketones is 1. The molecule has 0 N–H and O–H groups in total. The first-order valence-electron chi connectivity index (χ1n) is 9.67. The molecule has 3 atom stereocenters. The first-order valence-corrected chi connectivity index (χ1v) is 9.67. The van der Waals surface area contributed by atoms with Gasteiger partial charge in [0, 0.05) is 22.6 Å². The van der Waals surface area contributed by atoms with Crippen molar-refractivity contribution in [1.29, 1.82) is 0 Å². The third-order valence-corrected chi connectivity index (χ3v) is 5.21. The fraction of sp³-hybridized carbons (Fsp3) is 0.208. The van der Waals surface area contributed by atoms with Crippen LogP contribution in [0.5, 0.6) is 0 Å². The van der Waals surface area contributed by atoms with Crippen LogP contribution < -0.4 is 0 Å². The van der Waals surface area contributed by atoms with Crippen molar-refractivity contribution in [3.8, 4) is 0 Å². The van der Waals surface area contributed by atoms with Gasteiger partial charge in [0.25, 0.3) is 0 Å². The Balaban J connectivity index is 1.66. The highest BCUT2D eigenvalue weighted by Gasteiger charge is 2.65. The monoisotopic (exact) mass is 428 g/mol. The van der Waals surface area contributed by atoms with E-state index in [-0.39, 0.29) is 11.3 Å². The van der Waals surface area contributed by atoms with E-state index in [1.165, 1.54) is 24.3 Å². The van der Waals surface area contributed by atoms with Crippen LogP contribution in [-0.4, -0.2) is 18.2 Å². The molecule has 1 aliphatic rings. The van der Waals surface area contributed by atoms with Crippen LogP contribution in [0.15, 0.2) is 84.9 Å². The molecule has 1 aliphatic heterocycles. The van der Waals surface area contributed by atoms with Crippen LogP contribution >= 0.6 is 0 Å². The summed E-state index contributed by atoms with van der Waals surface area (Å²) in [7, 11) is 0. The molecule has 1 fully saturated rings. The first-order chi connectivity index (χ1) is 14.8. The second kappa shape index (κ2) is 8.26. The maximum atomic E-state index is 14.0. The van der Waals surface area contributed by atoms with Gasteiger partial charge in [-0.05, 0) is 5.56 Å². The molecule has 1 heterocycles. The minimum absolute atomic E-state index is 0.231. The zero-order valence-electron chi connectivity index (χ0n) is 16.5. The van der Waals surface area contributed by atoms with Gasteiger partial charge in [0.05, 0.1) is 0 Å². The lowest BCUT2D eigenvalue weighted by Gasteiger charge is -2.28. The van der Waals surface area contributed by atoms with Crippen molar-refractivity contribution < 1.29 is 32.5 Å². The Kier molecular flexibility index (Phi) is 5.66. The van der Waals surface area contributed by atoms with Crippen molar-refractivity contribution in [1.82, 2.24) is 0 Å². The molecule has 3 aromatic carbocycles. The average molecular weight is 428 g/mol. The van der Waals surface area contributed by atoms with E-state index in [4.69, 9.17) is 14.5 Å². The molecule has 0 aliphatic carbocycles. The minimum atomic E-state index is -4.89. The largest absolute Gasteiger partial charge is 0.451 e. The molecule has 0 saturated carbocycles. The van der Waals surface area contributed by atoms with E-state index in [0.29, 0.717) is 16.7 Å². The second-order valence-electron chi connectivity index (χ2n) is 7.22. The smallest absolute Gasteiger partial charge is 0.303 e. The summed E-state index contributed by atoms with van der Waals surface area (Å²) >= 11 is 0. The van der Waals surface area contributed by atoms with Crippen LogP contribution in [0.25, 0.3) is 0 Å². The summed E-state index contributed by atoms with van der Waals surface area (Å²) in [6, 6.07) is 22.4. The van der Waals surface area contributed by atoms with Gasteiger partial charge >= 0.3 is 12.0 Å². The Labute approximate surface area is 177 Å². The summed E-state index contributed by atoms with van der Waals surface area (Å²) in [5.74, 6) is -4.02. The molecule has 7 heteroatoms. The molecule has 1 saturated heterocycles. The van der Waals surface area contributed by atoms with Gasteiger partial charge in [0.15, 0.2) is 5.78 Å². The lowest BCUT2D eigenvalue weighted by molar-refractivity contribution is -0.419. The highest BCUT2D eigenvalue weighted by Crippen LogP contribution is 2.50. The highest BCUT2D eigenvalue weighted by atomic mass is 19.4. The van der Waals surface area contributed by atoms with E-state index < -0.39 is 24.2 Å². The Hall–Kier alpha value is -3.00. The van der Waals surface area contributed by atoms with Gasteiger partial charge in [-0.1, -0.05) is 91.9 Å². The number of carbonyl (C=O) groups is 1. The van der Waals surface area contributed by atoms with Crippen molar-refractivity contribution in [2.24, 2.45) is 0 Å². The van der Waals surface area contributed by atoms with E-state index in [2.05, 4.69) is 0 Å². The highest BCUT2D eigenvalue weighted by molar-refractivity contribution is 6.10. The molecular formula is C24H19F3O4. The standard InChI is InChI=1S/C24H19F3O4/c1-16(19-14-8-9-15-20(19)21(28)17-10-4-2-5-11-17)22-29-23(31-30-22,24(25,26)27)18-12-6-3-7-13-18/h2-16,22H,1H3. The maximum Gasteiger partial charge on any atom is 0.451 e. The van der Waals surface area contributed by atoms with Gasteiger partial charge in [-0.25, -0.2) is 0 Å². The van der Waals surface area contributed by atoms with Gasteiger partial charge < -0.3 is 4.74 Å². The van der Waals surface area contributed by atoms with Gasteiger partial charge in [-0.2, -0.15) is 22.9 Å². The zero-order valence-corrected chi connectivity index (χ0v) is 16.5. The molecule has 4 rings (SSSR count). The summed E-state index contributed by atoms with van der Waals surface area (Å²) in [6.45, 7) is 1.63. The summed E-state index contributed by atoms with van der Waals surface area (Å²) in [6.07, 6.45) is -6.27. The van der Waals surface area contributed by atoms with Gasteiger partial charge in [-0.15, -0.1) is 0 Å². The molecule has 0 bridgehead atoms. The number of halogens is 3. The van der Waals surface area contributed by atoms with Crippen molar-refractivity contribution in [3.05, 3.63) is 107 Å². The van der Waals surface area contributed by atoms with E-state index in [9.17, 15) is 18.0 Å². The zero-order chi connectivity index (χ0) is 22.1. The topological polar surface area (TPSA) is 44.8 Å². The van der Waals surface area contributed by atoms with Crippen LogP contribution in [0.3, 0.4) is 0 Å². The lowest BCUT2D eigenvalue weighted by Crippen LogP contribution is -2.44. The summed E-state index contributed by atoms with van der Waals surface area (Å²) in [5.41, 5.74) is 1.10. The van der Waals surface area contributed by atoms with Crippen LogP contribution in [0.2, 0.25) is 0 Å². The lowest BCUT2D eigenvalue weighted by atomic mass is 9.90. The third kappa shape index (κ3) is 3.87. The predicted molar refractivity (Wildman–Crippen MR) is 106 cm³/mol. The second-order valence-corrected chi connectivity index (χ2v) is 7.22. The van der Waals surface area contributed by atoms with E-state index >= 15 is 0 Å². The SMILES string of the molecule is CC(c1ccccc1C(=O)c1ccccc1)C1OOC(c2ccccc2)(C(F)(F)F)O1. The first kappa shape index (κ1) is 21.2. The fourth-order valence-corrected chi connectivity index (χ4v) is 3.55. The number of ether oxygens (including phenoxy) is 1. The molecule has 160 valence electrons. The maximum absolute atomic E-state index is 14.0. The summed E-state index contributed by atoms with van der Waals surface area (Å²) in [5, 5.41) is 0. The van der Waals surface area contributed by atoms with Gasteiger partial charge in [0.2, 0.25) is 6.29 Å². The van der Waals surface area contributed by atoms with Crippen LogP contribution in [0.1, 0.15) is 39.9 Å². The van der Waals surface area contributed by atoms with Crippen molar-refractivity contribution in [3.63, 3.8) is 0 Å². The predicted octanol–water partition coefficient (Wildman–Crippen LogP) is 5.74. The van der Waals surface area contributed by atoms with E-state index in [0.717, 1.165) is 0 Å². The number of hydrogen-bond acceptors (Lipinski definition) is 4. The molecule has 0 spiro atoms. The summed E-state index contributed by atoms with van der Waals surface area (Å²) in [4.78, 5) is 22.9. The number of carbonyl (C=O) groups excluding carboxylic acids is 1. The number of benzene rings is 3. The van der Waals surface area contributed by atoms with Crippen molar-refractivity contribution >= 4 is 5.78 Å². The van der Waals surface area contributed by atoms with Crippen LogP contribution in [-0.2, 0) is 20.3 Å². The number of rotatable bonds is 5. The molecule has 0 amide bonds. The third-order valence-electron chi connectivity index (χ3n) is 5.21. The van der Waals surface area contributed by atoms with Gasteiger partial charge in [-0.3, -0.25) is 4.79 Å². The van der Waals surface area contributed by atoms with E-state index in [1.54, 1.807) is 67.6 Å². The molecule has 3 unspecified atom stereocenters. The molecule has 31 heavy (non-hydrogen) atoms. The van der Waals surface area contributed by atoms with Crippen molar-refractivity contribution in [2.45, 2.75) is 31.1 Å². The molecular weight excluding hydrogens is 409 g/mol. The Morgan fingerprint density at radius 2 is 1.48 bits per heavy atom. The Bertz CT molecular complexity index is 1050. The Morgan fingerprint density at radius 1 is 0.903 bits per heavy atom. The normalized spacial score (nSPS) is 22.3. The van der Waals surface area contributed by atoms with Gasteiger partial charge in [0.1, 0.15) is 0 Å². The average Bonchev–Trinajstić information content (AvgIpc) is 3.26. The number of alkyl halides is 3.